The quantitative estimate of drug-likeness (QED) is 0.661. The standard InChI is InChI=1S/C16H22ClFN2/c1-11(2)5-4-6-12(3)20-15-8-7-13(18)9-14(15)19-16(20)10-17/h7-9,11-12H,4-6,10H2,1-3H3. The van der Waals surface area contributed by atoms with Gasteiger partial charge in [-0.25, -0.2) is 9.37 Å². The van der Waals surface area contributed by atoms with E-state index >= 15 is 0 Å². The van der Waals surface area contributed by atoms with Gasteiger partial charge in [-0.05, 0) is 31.4 Å². The first kappa shape index (κ1) is 15.3. The molecule has 110 valence electrons. The molecule has 0 amide bonds. The summed E-state index contributed by atoms with van der Waals surface area (Å²) in [6, 6.07) is 5.09. The van der Waals surface area contributed by atoms with Crippen LogP contribution in [0.1, 0.15) is 51.9 Å². The molecule has 0 fully saturated rings. The summed E-state index contributed by atoms with van der Waals surface area (Å²) in [5, 5.41) is 0. The summed E-state index contributed by atoms with van der Waals surface area (Å²) < 4.78 is 15.4. The van der Waals surface area contributed by atoms with Gasteiger partial charge in [0.25, 0.3) is 0 Å². The summed E-state index contributed by atoms with van der Waals surface area (Å²) in [7, 11) is 0. The molecule has 1 unspecified atom stereocenters. The van der Waals surface area contributed by atoms with Crippen LogP contribution in [0.4, 0.5) is 4.39 Å². The highest BCUT2D eigenvalue weighted by molar-refractivity contribution is 6.16. The van der Waals surface area contributed by atoms with Gasteiger partial charge in [0.15, 0.2) is 0 Å². The van der Waals surface area contributed by atoms with Crippen LogP contribution in [0.5, 0.6) is 0 Å². The van der Waals surface area contributed by atoms with Crippen LogP contribution in [0.25, 0.3) is 11.0 Å². The molecule has 1 aromatic carbocycles. The van der Waals surface area contributed by atoms with Crippen LogP contribution in [0, 0.1) is 11.7 Å². The second kappa shape index (κ2) is 6.57. The van der Waals surface area contributed by atoms with Gasteiger partial charge in [0.1, 0.15) is 11.6 Å². The number of aromatic nitrogens is 2. The molecule has 2 rings (SSSR count). The van der Waals surface area contributed by atoms with Crippen LogP contribution >= 0.6 is 11.6 Å². The fourth-order valence-corrected chi connectivity index (χ4v) is 2.85. The number of halogens is 2. The van der Waals surface area contributed by atoms with Crippen molar-refractivity contribution in [2.75, 3.05) is 0 Å². The highest BCUT2D eigenvalue weighted by Gasteiger charge is 2.15. The van der Waals surface area contributed by atoms with E-state index in [1.165, 1.54) is 25.0 Å². The first-order chi connectivity index (χ1) is 9.52. The topological polar surface area (TPSA) is 17.8 Å². The van der Waals surface area contributed by atoms with Crippen LogP contribution in [0.15, 0.2) is 18.2 Å². The minimum atomic E-state index is -0.254. The Hall–Kier alpha value is -1.09. The molecular formula is C16H22ClFN2. The smallest absolute Gasteiger partial charge is 0.125 e. The minimum Gasteiger partial charge on any atom is -0.324 e. The van der Waals surface area contributed by atoms with Gasteiger partial charge in [0.2, 0.25) is 0 Å². The Balaban J connectivity index is 2.27. The summed E-state index contributed by atoms with van der Waals surface area (Å²) in [5.74, 6) is 1.65. The van der Waals surface area contributed by atoms with Crippen molar-refractivity contribution in [1.29, 1.82) is 0 Å². The van der Waals surface area contributed by atoms with E-state index in [0.29, 0.717) is 17.4 Å². The van der Waals surface area contributed by atoms with Crippen LogP contribution in [0.2, 0.25) is 0 Å². The maximum Gasteiger partial charge on any atom is 0.125 e. The van der Waals surface area contributed by atoms with Crippen molar-refractivity contribution in [2.24, 2.45) is 5.92 Å². The number of hydrogen-bond donors (Lipinski definition) is 0. The van der Waals surface area contributed by atoms with E-state index in [-0.39, 0.29) is 5.82 Å². The average molecular weight is 297 g/mol. The third-order valence-electron chi connectivity index (χ3n) is 3.69. The summed E-state index contributed by atoms with van der Waals surface area (Å²) in [5.41, 5.74) is 1.66. The molecule has 2 nitrogen and oxygen atoms in total. The van der Waals surface area contributed by atoms with E-state index in [1.54, 1.807) is 6.07 Å². The maximum atomic E-state index is 13.3. The molecule has 0 saturated heterocycles. The zero-order valence-electron chi connectivity index (χ0n) is 12.4. The van der Waals surface area contributed by atoms with Crippen LogP contribution < -0.4 is 0 Å². The van der Waals surface area contributed by atoms with Crippen molar-refractivity contribution in [2.45, 2.75) is 52.0 Å². The summed E-state index contributed by atoms with van der Waals surface area (Å²) in [4.78, 5) is 4.45. The summed E-state index contributed by atoms with van der Waals surface area (Å²) in [6.07, 6.45) is 3.49. The lowest BCUT2D eigenvalue weighted by Gasteiger charge is -2.17. The lowest BCUT2D eigenvalue weighted by molar-refractivity contribution is 0.447. The van der Waals surface area contributed by atoms with Crippen LogP contribution in [0.3, 0.4) is 0 Å². The first-order valence-corrected chi connectivity index (χ1v) is 7.78. The van der Waals surface area contributed by atoms with Crippen molar-refractivity contribution in [3.05, 3.63) is 29.8 Å². The highest BCUT2D eigenvalue weighted by atomic mass is 35.5. The van der Waals surface area contributed by atoms with Gasteiger partial charge >= 0.3 is 0 Å². The number of nitrogens with zero attached hydrogens (tertiary/aromatic N) is 2. The van der Waals surface area contributed by atoms with E-state index < -0.39 is 0 Å². The van der Waals surface area contributed by atoms with Crippen molar-refractivity contribution in [3.8, 4) is 0 Å². The number of imidazole rings is 1. The van der Waals surface area contributed by atoms with Crippen LogP contribution in [-0.2, 0) is 5.88 Å². The molecule has 0 N–H and O–H groups in total. The molecular weight excluding hydrogens is 275 g/mol. The summed E-state index contributed by atoms with van der Waals surface area (Å²) in [6.45, 7) is 6.66. The molecule has 1 heterocycles. The van der Waals surface area contributed by atoms with Crippen LogP contribution in [-0.4, -0.2) is 9.55 Å². The number of fused-ring (bicyclic) bond motifs is 1. The van der Waals surface area contributed by atoms with E-state index in [4.69, 9.17) is 11.6 Å². The zero-order chi connectivity index (χ0) is 14.7. The van der Waals surface area contributed by atoms with Gasteiger partial charge in [-0.3, -0.25) is 0 Å². The molecule has 4 heteroatoms. The molecule has 0 aliphatic carbocycles. The lowest BCUT2D eigenvalue weighted by atomic mass is 10.0. The number of benzene rings is 1. The number of alkyl halides is 1. The Bertz CT molecular complexity index is 577. The molecule has 20 heavy (non-hydrogen) atoms. The van der Waals surface area contributed by atoms with Gasteiger partial charge in [-0.1, -0.05) is 26.7 Å². The number of hydrogen-bond acceptors (Lipinski definition) is 1. The highest BCUT2D eigenvalue weighted by Crippen LogP contribution is 2.26. The van der Waals surface area contributed by atoms with E-state index in [2.05, 4.69) is 30.3 Å². The van der Waals surface area contributed by atoms with E-state index in [0.717, 1.165) is 23.7 Å². The average Bonchev–Trinajstić information content (AvgIpc) is 2.75. The van der Waals surface area contributed by atoms with Gasteiger partial charge in [0.05, 0.1) is 16.9 Å². The molecule has 0 aliphatic heterocycles. The Labute approximate surface area is 125 Å². The molecule has 2 aromatic rings. The Morgan fingerprint density at radius 3 is 2.65 bits per heavy atom. The van der Waals surface area contributed by atoms with Gasteiger partial charge in [0, 0.05) is 12.1 Å². The minimum absolute atomic E-state index is 0.254. The molecule has 0 aliphatic rings. The van der Waals surface area contributed by atoms with E-state index in [9.17, 15) is 4.39 Å². The molecule has 0 spiro atoms. The van der Waals surface area contributed by atoms with Gasteiger partial charge < -0.3 is 4.57 Å². The monoisotopic (exact) mass is 296 g/mol. The Morgan fingerprint density at radius 2 is 2.00 bits per heavy atom. The van der Waals surface area contributed by atoms with Gasteiger partial charge in [-0.2, -0.15) is 0 Å². The predicted octanol–water partition coefficient (Wildman–Crippen LogP) is 5.30. The SMILES string of the molecule is CC(C)CCCC(C)n1c(CCl)nc2cc(F)ccc21. The number of rotatable bonds is 6. The Kier molecular flexibility index (Phi) is 5.03. The maximum absolute atomic E-state index is 13.3. The van der Waals surface area contributed by atoms with Crippen molar-refractivity contribution in [3.63, 3.8) is 0 Å². The molecule has 1 atom stereocenters. The zero-order valence-corrected chi connectivity index (χ0v) is 13.1. The largest absolute Gasteiger partial charge is 0.324 e. The molecule has 1 aromatic heterocycles. The third kappa shape index (κ3) is 3.32. The van der Waals surface area contributed by atoms with Crippen molar-refractivity contribution in [1.82, 2.24) is 9.55 Å². The van der Waals surface area contributed by atoms with E-state index in [1.807, 2.05) is 0 Å². The molecule has 0 radical (unpaired) electrons. The fourth-order valence-electron chi connectivity index (χ4n) is 2.66. The fraction of sp³-hybridized carbons (Fsp3) is 0.562. The second-order valence-corrected chi connectivity index (χ2v) is 6.11. The first-order valence-electron chi connectivity index (χ1n) is 7.25. The second-order valence-electron chi connectivity index (χ2n) is 5.84. The van der Waals surface area contributed by atoms with Gasteiger partial charge in [-0.15, -0.1) is 11.6 Å². The summed E-state index contributed by atoms with van der Waals surface area (Å²) >= 11 is 5.99. The normalized spacial score (nSPS) is 13.3. The lowest BCUT2D eigenvalue weighted by Crippen LogP contribution is -2.09. The van der Waals surface area contributed by atoms with Crippen molar-refractivity contribution >= 4 is 22.6 Å². The molecule has 0 bridgehead atoms. The predicted molar refractivity (Wildman–Crippen MR) is 82.6 cm³/mol. The van der Waals surface area contributed by atoms with Crippen molar-refractivity contribution < 1.29 is 4.39 Å². The third-order valence-corrected chi connectivity index (χ3v) is 3.93. The Morgan fingerprint density at radius 1 is 1.25 bits per heavy atom. The molecule has 0 saturated carbocycles.